The zero-order valence-corrected chi connectivity index (χ0v) is 17.6. The van der Waals surface area contributed by atoms with Gasteiger partial charge in [0.05, 0.1) is 19.2 Å². The number of hydrogen-bond donors (Lipinski definition) is 0. The summed E-state index contributed by atoms with van der Waals surface area (Å²) < 4.78 is 7.60. The third-order valence-corrected chi connectivity index (χ3v) is 6.34. The van der Waals surface area contributed by atoms with Gasteiger partial charge in [-0.15, -0.1) is 0 Å². The Bertz CT molecular complexity index is 1300. The van der Waals surface area contributed by atoms with Crippen molar-refractivity contribution in [2.24, 2.45) is 0 Å². The van der Waals surface area contributed by atoms with Gasteiger partial charge in [0.25, 0.3) is 0 Å². The van der Waals surface area contributed by atoms with Crippen molar-refractivity contribution in [3.05, 3.63) is 88.9 Å². The molecule has 0 aliphatic heterocycles. The number of aromatic nitrogens is 1. The molecule has 1 aliphatic carbocycles. The average molecular weight is 393 g/mol. The van der Waals surface area contributed by atoms with Crippen LogP contribution in [0.5, 0.6) is 5.75 Å². The van der Waals surface area contributed by atoms with Gasteiger partial charge in [-0.3, -0.25) is 0 Å². The van der Waals surface area contributed by atoms with E-state index in [9.17, 15) is 0 Å². The summed E-state index contributed by atoms with van der Waals surface area (Å²) in [6.45, 7) is 12.1. The van der Waals surface area contributed by atoms with Crippen molar-refractivity contribution >= 4 is 16.6 Å². The molecule has 3 heteroatoms. The number of rotatable bonds is 4. The number of methoxy groups -OCH3 is 1. The van der Waals surface area contributed by atoms with Crippen molar-refractivity contribution in [3.63, 3.8) is 0 Å². The van der Waals surface area contributed by atoms with E-state index in [1.807, 2.05) is 12.1 Å². The number of ether oxygens (including phenoxy) is 1. The monoisotopic (exact) mass is 392 g/mol. The Labute approximate surface area is 177 Å². The second kappa shape index (κ2) is 7.07. The molecule has 1 aromatic heterocycles. The number of hydrogen-bond acceptors (Lipinski definition) is 1. The van der Waals surface area contributed by atoms with Crippen molar-refractivity contribution in [2.45, 2.75) is 32.6 Å². The molecule has 4 aromatic rings. The first-order valence-corrected chi connectivity index (χ1v) is 10.4. The van der Waals surface area contributed by atoms with E-state index in [1.54, 1.807) is 7.11 Å². The lowest BCUT2D eigenvalue weighted by Gasteiger charge is -2.09. The lowest BCUT2D eigenvalue weighted by molar-refractivity contribution is 0.415. The lowest BCUT2D eigenvalue weighted by Crippen LogP contribution is -1.93. The molecule has 0 bridgehead atoms. The van der Waals surface area contributed by atoms with Gasteiger partial charge in [-0.05, 0) is 96.6 Å². The molecule has 1 fully saturated rings. The zero-order chi connectivity index (χ0) is 20.8. The van der Waals surface area contributed by atoms with E-state index < -0.39 is 0 Å². The van der Waals surface area contributed by atoms with Crippen LogP contribution in [0.3, 0.4) is 0 Å². The van der Waals surface area contributed by atoms with Gasteiger partial charge in [-0.25, -0.2) is 4.85 Å². The van der Waals surface area contributed by atoms with E-state index in [2.05, 4.69) is 71.9 Å². The van der Waals surface area contributed by atoms with Crippen molar-refractivity contribution in [1.82, 2.24) is 4.57 Å². The maximum absolute atomic E-state index is 7.75. The molecular formula is C27H24N2O. The predicted molar refractivity (Wildman–Crippen MR) is 123 cm³/mol. The Hall–Kier alpha value is -3.51. The van der Waals surface area contributed by atoms with Crippen molar-refractivity contribution in [1.29, 1.82) is 0 Å². The Morgan fingerprint density at radius 3 is 2.43 bits per heavy atom. The quantitative estimate of drug-likeness (QED) is 0.332. The molecule has 0 N–H and O–H groups in total. The van der Waals surface area contributed by atoms with Crippen LogP contribution in [-0.4, -0.2) is 11.7 Å². The number of fused-ring (bicyclic) bond motifs is 1. The Morgan fingerprint density at radius 2 is 1.77 bits per heavy atom. The largest absolute Gasteiger partial charge is 0.497 e. The standard InChI is InChI=1S/C27H24N2O/c1-17-6-5-7-22(18(17)2)25-16-29(20-10-12-21(30-4)13-11-20)27-15-23(19-8-9-19)26(28-3)14-24(25)27/h5-7,10-16,19H,8-9H2,1-2,4H3. The SMILES string of the molecule is [C-]#[N+]c1cc2c(-c3cccc(C)c3C)cn(-c3ccc(OC)cc3)c2cc1C1CC1. The van der Waals surface area contributed by atoms with Crippen LogP contribution in [0, 0.1) is 20.4 Å². The summed E-state index contributed by atoms with van der Waals surface area (Å²) in [4.78, 5) is 3.89. The fraction of sp³-hybridized carbons (Fsp3) is 0.222. The molecule has 3 aromatic carbocycles. The Balaban J connectivity index is 1.81. The first kappa shape index (κ1) is 18.5. The number of nitrogens with zero attached hydrogens (tertiary/aromatic N) is 2. The van der Waals surface area contributed by atoms with Gasteiger partial charge in [-0.1, -0.05) is 18.2 Å². The van der Waals surface area contributed by atoms with Gasteiger partial charge in [-0.2, -0.15) is 0 Å². The minimum Gasteiger partial charge on any atom is -0.497 e. The minimum atomic E-state index is 0.530. The molecule has 3 nitrogen and oxygen atoms in total. The molecule has 0 saturated heterocycles. The topological polar surface area (TPSA) is 18.5 Å². The maximum atomic E-state index is 7.75. The van der Waals surface area contributed by atoms with Gasteiger partial charge in [0.15, 0.2) is 5.69 Å². The third-order valence-electron chi connectivity index (χ3n) is 6.34. The average Bonchev–Trinajstić information content (AvgIpc) is 3.56. The highest BCUT2D eigenvalue weighted by atomic mass is 16.5. The molecule has 0 unspecified atom stereocenters. The fourth-order valence-corrected chi connectivity index (χ4v) is 4.31. The Morgan fingerprint density at radius 1 is 1.00 bits per heavy atom. The summed E-state index contributed by atoms with van der Waals surface area (Å²) in [5.41, 5.74) is 9.19. The number of benzene rings is 3. The maximum Gasteiger partial charge on any atom is 0.191 e. The first-order chi connectivity index (χ1) is 14.6. The second-order valence-electron chi connectivity index (χ2n) is 8.17. The van der Waals surface area contributed by atoms with E-state index in [0.717, 1.165) is 28.0 Å². The van der Waals surface area contributed by atoms with Crippen LogP contribution in [0.1, 0.15) is 35.4 Å². The van der Waals surface area contributed by atoms with E-state index in [0.29, 0.717) is 5.92 Å². The summed E-state index contributed by atoms with van der Waals surface area (Å²) >= 11 is 0. The minimum absolute atomic E-state index is 0.530. The van der Waals surface area contributed by atoms with Gasteiger partial charge in [0, 0.05) is 17.4 Å². The first-order valence-electron chi connectivity index (χ1n) is 10.4. The van der Waals surface area contributed by atoms with Crippen molar-refractivity contribution in [3.8, 4) is 22.6 Å². The molecule has 30 heavy (non-hydrogen) atoms. The van der Waals surface area contributed by atoms with Crippen LogP contribution in [0.4, 0.5) is 5.69 Å². The molecule has 0 atom stereocenters. The molecule has 1 aliphatic rings. The Kier molecular flexibility index (Phi) is 4.37. The fourth-order valence-electron chi connectivity index (χ4n) is 4.31. The molecule has 1 heterocycles. The zero-order valence-electron chi connectivity index (χ0n) is 17.6. The smallest absolute Gasteiger partial charge is 0.191 e. The normalized spacial score (nSPS) is 13.4. The highest BCUT2D eigenvalue weighted by Gasteiger charge is 2.27. The van der Waals surface area contributed by atoms with Crippen LogP contribution >= 0.6 is 0 Å². The molecule has 0 radical (unpaired) electrons. The van der Waals surface area contributed by atoms with Crippen molar-refractivity contribution in [2.75, 3.05) is 7.11 Å². The molecule has 0 amide bonds. The van der Waals surface area contributed by atoms with Crippen LogP contribution in [-0.2, 0) is 0 Å². The van der Waals surface area contributed by atoms with Crippen molar-refractivity contribution < 1.29 is 4.74 Å². The second-order valence-corrected chi connectivity index (χ2v) is 8.17. The highest BCUT2D eigenvalue weighted by molar-refractivity contribution is 6.00. The van der Waals surface area contributed by atoms with Crippen LogP contribution in [0.25, 0.3) is 32.6 Å². The van der Waals surface area contributed by atoms with Gasteiger partial charge in [0.2, 0.25) is 0 Å². The molecule has 1 saturated carbocycles. The summed E-state index contributed by atoms with van der Waals surface area (Å²) in [5, 5.41) is 1.13. The summed E-state index contributed by atoms with van der Waals surface area (Å²) in [7, 11) is 1.69. The summed E-state index contributed by atoms with van der Waals surface area (Å²) in [6, 6.07) is 19.0. The lowest BCUT2D eigenvalue weighted by atomic mass is 9.95. The highest BCUT2D eigenvalue weighted by Crippen LogP contribution is 2.47. The van der Waals surface area contributed by atoms with Crippen LogP contribution in [0.15, 0.2) is 60.8 Å². The van der Waals surface area contributed by atoms with Gasteiger partial charge < -0.3 is 9.30 Å². The summed E-state index contributed by atoms with van der Waals surface area (Å²) in [5.74, 6) is 1.38. The van der Waals surface area contributed by atoms with Crippen LogP contribution in [0.2, 0.25) is 0 Å². The summed E-state index contributed by atoms with van der Waals surface area (Å²) in [6.07, 6.45) is 4.58. The van der Waals surface area contributed by atoms with Gasteiger partial charge >= 0.3 is 0 Å². The molecule has 0 spiro atoms. The van der Waals surface area contributed by atoms with E-state index in [1.165, 1.54) is 40.7 Å². The van der Waals surface area contributed by atoms with E-state index in [4.69, 9.17) is 11.3 Å². The molecular weight excluding hydrogens is 368 g/mol. The van der Waals surface area contributed by atoms with Gasteiger partial charge in [0.1, 0.15) is 5.75 Å². The molecule has 5 rings (SSSR count). The van der Waals surface area contributed by atoms with E-state index in [-0.39, 0.29) is 0 Å². The van der Waals surface area contributed by atoms with Crippen LogP contribution < -0.4 is 4.74 Å². The number of aryl methyl sites for hydroxylation is 1. The third kappa shape index (κ3) is 2.97. The predicted octanol–water partition coefficient (Wildman–Crippen LogP) is 7.35. The molecule has 148 valence electrons. The van der Waals surface area contributed by atoms with E-state index >= 15 is 0 Å².